The third kappa shape index (κ3) is 4.30. The number of rotatable bonds is 6. The molecule has 0 atom stereocenters. The molecule has 0 bridgehead atoms. The van der Waals surface area contributed by atoms with Gasteiger partial charge in [-0.05, 0) is 33.6 Å². The lowest BCUT2D eigenvalue weighted by atomic mass is 9.74. The summed E-state index contributed by atoms with van der Waals surface area (Å²) in [7, 11) is 0. The summed E-state index contributed by atoms with van der Waals surface area (Å²) in [5, 5.41) is 8.68. The minimum atomic E-state index is -0.642. The zero-order valence-electron chi connectivity index (χ0n) is 12.6. The van der Waals surface area contributed by atoms with Gasteiger partial charge in [-0.25, -0.2) is 0 Å². The van der Waals surface area contributed by atoms with Crippen LogP contribution in [-0.4, -0.2) is 29.4 Å². The van der Waals surface area contributed by atoms with Gasteiger partial charge in [-0.1, -0.05) is 13.8 Å². The average molecular weight is 253 g/mol. The summed E-state index contributed by atoms with van der Waals surface area (Å²) < 4.78 is 0. The van der Waals surface area contributed by atoms with Crippen LogP contribution in [0.5, 0.6) is 0 Å². The van der Waals surface area contributed by atoms with E-state index in [2.05, 4.69) is 19.9 Å². The van der Waals surface area contributed by atoms with Crippen molar-refractivity contribution in [2.45, 2.75) is 53.5 Å². The third-order valence-corrected chi connectivity index (χ3v) is 3.51. The molecule has 0 aromatic rings. The third-order valence-electron chi connectivity index (χ3n) is 3.51. The molecule has 0 aliphatic heterocycles. The van der Waals surface area contributed by atoms with Crippen molar-refractivity contribution in [3.63, 3.8) is 0 Å². The summed E-state index contributed by atoms with van der Waals surface area (Å²) in [5.74, 6) is 0.406. The Bertz CT molecular complexity index is 321. The molecule has 0 saturated heterocycles. The van der Waals surface area contributed by atoms with Crippen LogP contribution in [0.15, 0.2) is 0 Å². The van der Waals surface area contributed by atoms with Crippen LogP contribution in [0.3, 0.4) is 0 Å². The van der Waals surface area contributed by atoms with Crippen LogP contribution >= 0.6 is 0 Å². The maximum atomic E-state index is 12.6. The Morgan fingerprint density at radius 2 is 1.83 bits per heavy atom. The Kier molecular flexibility index (Phi) is 5.82. The lowest BCUT2D eigenvalue weighted by Gasteiger charge is -2.41. The first-order valence-corrected chi connectivity index (χ1v) is 6.49. The number of hydrogen-bond donors (Lipinski definition) is 1. The lowest BCUT2D eigenvalue weighted by Crippen LogP contribution is -2.57. The fourth-order valence-corrected chi connectivity index (χ4v) is 1.57. The lowest BCUT2D eigenvalue weighted by molar-refractivity contribution is -0.144. The second-order valence-corrected chi connectivity index (χ2v) is 6.40. The van der Waals surface area contributed by atoms with E-state index in [1.54, 1.807) is 4.90 Å². The van der Waals surface area contributed by atoms with Gasteiger partial charge in [0, 0.05) is 18.6 Å². The standard InChI is InChI=1S/C14H27N3O/c1-11(2)10-17(9-7-8-15)12(18)13(3,4)14(5,6)16/h11H,7,9-10,16H2,1-6H3. The highest BCUT2D eigenvalue weighted by molar-refractivity contribution is 5.83. The molecule has 0 fully saturated rings. The van der Waals surface area contributed by atoms with Gasteiger partial charge >= 0.3 is 0 Å². The van der Waals surface area contributed by atoms with Crippen molar-refractivity contribution in [3.8, 4) is 6.07 Å². The molecule has 18 heavy (non-hydrogen) atoms. The normalized spacial score (nSPS) is 12.4. The van der Waals surface area contributed by atoms with E-state index in [0.29, 0.717) is 25.4 Å². The molecule has 0 saturated carbocycles. The van der Waals surface area contributed by atoms with Crippen LogP contribution in [-0.2, 0) is 4.79 Å². The molecule has 0 spiro atoms. The van der Waals surface area contributed by atoms with E-state index in [1.165, 1.54) is 0 Å². The van der Waals surface area contributed by atoms with Crippen LogP contribution in [0.1, 0.15) is 48.0 Å². The second-order valence-electron chi connectivity index (χ2n) is 6.40. The Balaban J connectivity index is 5.01. The number of hydrogen-bond acceptors (Lipinski definition) is 3. The quantitative estimate of drug-likeness (QED) is 0.788. The minimum absolute atomic E-state index is 0.0268. The topological polar surface area (TPSA) is 70.1 Å². The number of nitrogens with zero attached hydrogens (tertiary/aromatic N) is 2. The molecule has 0 aromatic carbocycles. The first-order valence-electron chi connectivity index (χ1n) is 6.49. The predicted octanol–water partition coefficient (Wildman–Crippen LogP) is 2.15. The van der Waals surface area contributed by atoms with Crippen LogP contribution in [0.25, 0.3) is 0 Å². The van der Waals surface area contributed by atoms with Gasteiger partial charge in [0.25, 0.3) is 0 Å². The van der Waals surface area contributed by atoms with Gasteiger partial charge in [0.05, 0.1) is 17.9 Å². The highest BCUT2D eigenvalue weighted by Gasteiger charge is 2.42. The monoisotopic (exact) mass is 253 g/mol. The molecular formula is C14H27N3O. The summed E-state index contributed by atoms with van der Waals surface area (Å²) in [6.07, 6.45) is 0.361. The van der Waals surface area contributed by atoms with Crippen LogP contribution in [0.2, 0.25) is 0 Å². The van der Waals surface area contributed by atoms with E-state index < -0.39 is 11.0 Å². The maximum absolute atomic E-state index is 12.6. The van der Waals surface area contributed by atoms with E-state index in [1.807, 2.05) is 27.7 Å². The summed E-state index contributed by atoms with van der Waals surface area (Å²) in [6, 6.07) is 2.09. The van der Waals surface area contributed by atoms with Crippen molar-refractivity contribution < 1.29 is 4.79 Å². The van der Waals surface area contributed by atoms with E-state index in [4.69, 9.17) is 11.0 Å². The Morgan fingerprint density at radius 3 is 2.17 bits per heavy atom. The Labute approximate surface area is 111 Å². The molecule has 0 unspecified atom stereocenters. The van der Waals surface area contributed by atoms with Crippen molar-refractivity contribution in [2.24, 2.45) is 17.1 Å². The van der Waals surface area contributed by atoms with E-state index in [9.17, 15) is 4.79 Å². The highest BCUT2D eigenvalue weighted by Crippen LogP contribution is 2.30. The van der Waals surface area contributed by atoms with Crippen molar-refractivity contribution in [2.75, 3.05) is 13.1 Å². The van der Waals surface area contributed by atoms with Crippen molar-refractivity contribution in [1.82, 2.24) is 4.90 Å². The van der Waals surface area contributed by atoms with Gasteiger partial charge < -0.3 is 10.6 Å². The number of nitrogens with two attached hydrogens (primary N) is 1. The van der Waals surface area contributed by atoms with E-state index in [-0.39, 0.29) is 5.91 Å². The molecule has 4 heteroatoms. The fourth-order valence-electron chi connectivity index (χ4n) is 1.57. The SMILES string of the molecule is CC(C)CN(CCC#N)C(=O)C(C)(C)C(C)(C)N. The average Bonchev–Trinajstić information content (AvgIpc) is 2.20. The predicted molar refractivity (Wildman–Crippen MR) is 73.7 cm³/mol. The Hall–Kier alpha value is -1.08. The van der Waals surface area contributed by atoms with Gasteiger partial charge in [0.15, 0.2) is 0 Å². The fraction of sp³-hybridized carbons (Fsp3) is 0.857. The summed E-state index contributed by atoms with van der Waals surface area (Å²) >= 11 is 0. The molecule has 0 heterocycles. The Morgan fingerprint density at radius 1 is 1.33 bits per heavy atom. The van der Waals surface area contributed by atoms with E-state index in [0.717, 1.165) is 0 Å². The number of carbonyl (C=O) groups excluding carboxylic acids is 1. The van der Waals surface area contributed by atoms with Gasteiger partial charge in [-0.2, -0.15) is 5.26 Å². The minimum Gasteiger partial charge on any atom is -0.341 e. The summed E-state index contributed by atoms with van der Waals surface area (Å²) in [6.45, 7) is 12.7. The molecule has 0 aromatic heterocycles. The largest absolute Gasteiger partial charge is 0.341 e. The number of nitriles is 1. The van der Waals surface area contributed by atoms with Crippen LogP contribution in [0, 0.1) is 22.7 Å². The zero-order valence-corrected chi connectivity index (χ0v) is 12.6. The first kappa shape index (κ1) is 16.9. The summed E-state index contributed by atoms with van der Waals surface area (Å²) in [4.78, 5) is 14.4. The zero-order chi connectivity index (χ0) is 14.6. The smallest absolute Gasteiger partial charge is 0.230 e. The summed E-state index contributed by atoms with van der Waals surface area (Å²) in [5.41, 5.74) is 4.87. The molecule has 1 amide bonds. The van der Waals surface area contributed by atoms with Gasteiger partial charge in [0.1, 0.15) is 0 Å². The van der Waals surface area contributed by atoms with E-state index >= 15 is 0 Å². The molecule has 4 nitrogen and oxygen atoms in total. The number of amides is 1. The molecule has 2 N–H and O–H groups in total. The highest BCUT2D eigenvalue weighted by atomic mass is 16.2. The molecule has 0 rings (SSSR count). The van der Waals surface area contributed by atoms with Gasteiger partial charge in [0.2, 0.25) is 5.91 Å². The van der Waals surface area contributed by atoms with Crippen LogP contribution in [0.4, 0.5) is 0 Å². The van der Waals surface area contributed by atoms with Crippen molar-refractivity contribution in [1.29, 1.82) is 5.26 Å². The molecule has 0 aliphatic rings. The number of carbonyl (C=O) groups is 1. The first-order chi connectivity index (χ1) is 8.04. The van der Waals surface area contributed by atoms with Gasteiger partial charge in [-0.15, -0.1) is 0 Å². The maximum Gasteiger partial charge on any atom is 0.230 e. The molecular weight excluding hydrogens is 226 g/mol. The van der Waals surface area contributed by atoms with Crippen molar-refractivity contribution >= 4 is 5.91 Å². The van der Waals surface area contributed by atoms with Gasteiger partial charge in [-0.3, -0.25) is 4.79 Å². The second kappa shape index (κ2) is 6.19. The van der Waals surface area contributed by atoms with Crippen LogP contribution < -0.4 is 5.73 Å². The molecule has 0 radical (unpaired) electrons. The molecule has 0 aliphatic carbocycles. The van der Waals surface area contributed by atoms with Crippen molar-refractivity contribution in [3.05, 3.63) is 0 Å². The molecule has 104 valence electrons.